The van der Waals surface area contributed by atoms with E-state index in [1.807, 2.05) is 0 Å². The number of carbonyl (C=O) groups excluding carboxylic acids is 3. The van der Waals surface area contributed by atoms with Crippen LogP contribution in [-0.2, 0) is 19.7 Å². The van der Waals surface area contributed by atoms with E-state index in [1.54, 1.807) is 0 Å². The SMILES string of the molecule is COC(=O)c1ccc(NC(=O)[C@@H]2N[C@@H](C[C@H](C)C(F)(F)F)[C@@]3(C(=O)Nc4cc(Cl)ccc43)[C@H]2c2cccc(Cl)c2F)c(OC)c1. The van der Waals surface area contributed by atoms with Gasteiger partial charge in [-0.25, -0.2) is 9.18 Å². The van der Waals surface area contributed by atoms with Crippen LogP contribution < -0.4 is 20.7 Å². The summed E-state index contributed by atoms with van der Waals surface area (Å²) in [6, 6.07) is 9.79. The summed E-state index contributed by atoms with van der Waals surface area (Å²) in [4.78, 5) is 40.3. The molecule has 2 heterocycles. The van der Waals surface area contributed by atoms with E-state index in [2.05, 4.69) is 16.0 Å². The molecule has 1 spiro atoms. The van der Waals surface area contributed by atoms with Crippen LogP contribution >= 0.6 is 23.2 Å². The topological polar surface area (TPSA) is 106 Å². The van der Waals surface area contributed by atoms with E-state index >= 15 is 4.39 Å². The maximum atomic E-state index is 15.9. The highest BCUT2D eigenvalue weighted by atomic mass is 35.5. The molecule has 8 nitrogen and oxygen atoms in total. The van der Waals surface area contributed by atoms with Crippen LogP contribution in [0.25, 0.3) is 0 Å². The van der Waals surface area contributed by atoms with Crippen LogP contribution in [0.1, 0.15) is 40.7 Å². The molecule has 0 radical (unpaired) electrons. The van der Waals surface area contributed by atoms with E-state index in [1.165, 1.54) is 68.8 Å². The molecule has 45 heavy (non-hydrogen) atoms. The molecule has 2 aliphatic rings. The highest BCUT2D eigenvalue weighted by Gasteiger charge is 2.66. The molecule has 0 aliphatic carbocycles. The zero-order chi connectivity index (χ0) is 32.8. The highest BCUT2D eigenvalue weighted by molar-refractivity contribution is 6.31. The van der Waals surface area contributed by atoms with Gasteiger partial charge in [0.2, 0.25) is 11.8 Å². The normalized spacial score (nSPS) is 23.0. The van der Waals surface area contributed by atoms with Crippen LogP contribution in [0.15, 0.2) is 54.6 Å². The number of fused-ring (bicyclic) bond motifs is 2. The minimum atomic E-state index is -4.63. The first-order valence-electron chi connectivity index (χ1n) is 13.7. The Kier molecular flexibility index (Phi) is 8.78. The van der Waals surface area contributed by atoms with Crippen molar-refractivity contribution < 1.29 is 41.4 Å². The average molecular weight is 668 g/mol. The molecule has 1 saturated heterocycles. The number of hydrogen-bond acceptors (Lipinski definition) is 6. The first kappa shape index (κ1) is 32.5. The van der Waals surface area contributed by atoms with Crippen LogP contribution in [0.4, 0.5) is 28.9 Å². The maximum Gasteiger partial charge on any atom is 0.391 e. The molecule has 5 rings (SSSR count). The summed E-state index contributed by atoms with van der Waals surface area (Å²) in [5.41, 5.74) is -1.33. The van der Waals surface area contributed by atoms with Crippen molar-refractivity contribution in [2.75, 3.05) is 24.9 Å². The average Bonchev–Trinajstić information content (AvgIpc) is 3.47. The van der Waals surface area contributed by atoms with Gasteiger partial charge in [-0.05, 0) is 53.9 Å². The summed E-state index contributed by atoms with van der Waals surface area (Å²) in [5, 5.41) is 8.29. The molecule has 3 aromatic rings. The third-order valence-corrected chi connectivity index (χ3v) is 8.96. The van der Waals surface area contributed by atoms with Gasteiger partial charge < -0.3 is 25.4 Å². The van der Waals surface area contributed by atoms with Gasteiger partial charge in [-0.1, -0.05) is 48.3 Å². The van der Waals surface area contributed by atoms with Gasteiger partial charge >= 0.3 is 12.1 Å². The van der Waals surface area contributed by atoms with E-state index in [0.29, 0.717) is 0 Å². The lowest BCUT2D eigenvalue weighted by Crippen LogP contribution is -2.49. The van der Waals surface area contributed by atoms with Gasteiger partial charge in [0.05, 0.1) is 42.5 Å². The Hall–Kier alpha value is -3.87. The number of rotatable bonds is 7. The largest absolute Gasteiger partial charge is 0.495 e. The summed E-state index contributed by atoms with van der Waals surface area (Å²) in [7, 11) is 2.50. The van der Waals surface area contributed by atoms with E-state index in [0.717, 1.165) is 6.92 Å². The fourth-order valence-corrected chi connectivity index (χ4v) is 6.66. The lowest BCUT2D eigenvalue weighted by molar-refractivity contribution is -0.173. The van der Waals surface area contributed by atoms with Crippen molar-refractivity contribution in [1.82, 2.24) is 5.32 Å². The lowest BCUT2D eigenvalue weighted by Gasteiger charge is -2.36. The van der Waals surface area contributed by atoms with Gasteiger partial charge in [0.15, 0.2) is 0 Å². The summed E-state index contributed by atoms with van der Waals surface area (Å²) < 4.78 is 67.8. The molecular formula is C31H27Cl2F4N3O5. The predicted molar refractivity (Wildman–Crippen MR) is 159 cm³/mol. The van der Waals surface area contributed by atoms with E-state index in [-0.39, 0.29) is 43.9 Å². The van der Waals surface area contributed by atoms with Crippen LogP contribution in [0, 0.1) is 11.7 Å². The van der Waals surface area contributed by atoms with Crippen molar-refractivity contribution in [3.8, 4) is 5.75 Å². The van der Waals surface area contributed by atoms with Crippen molar-refractivity contribution in [3.05, 3.63) is 87.2 Å². The number of ether oxygens (including phenoxy) is 2. The number of carbonyl (C=O) groups is 3. The van der Waals surface area contributed by atoms with Crippen LogP contribution in [0.3, 0.4) is 0 Å². The summed E-state index contributed by atoms with van der Waals surface area (Å²) in [6.45, 7) is 0.973. The van der Waals surface area contributed by atoms with Crippen LogP contribution in [0.2, 0.25) is 10.0 Å². The summed E-state index contributed by atoms with van der Waals surface area (Å²) >= 11 is 12.3. The highest BCUT2D eigenvalue weighted by Crippen LogP contribution is 2.57. The minimum Gasteiger partial charge on any atom is -0.495 e. The predicted octanol–water partition coefficient (Wildman–Crippen LogP) is 6.47. The van der Waals surface area contributed by atoms with E-state index < -0.39 is 65.5 Å². The lowest BCUT2D eigenvalue weighted by atomic mass is 9.63. The van der Waals surface area contributed by atoms with Crippen molar-refractivity contribution in [2.45, 2.75) is 42.9 Å². The molecule has 0 unspecified atom stereocenters. The zero-order valence-electron chi connectivity index (χ0n) is 24.0. The van der Waals surface area contributed by atoms with E-state index in [4.69, 9.17) is 32.7 Å². The Morgan fingerprint density at radius 2 is 1.82 bits per heavy atom. The number of hydrogen-bond donors (Lipinski definition) is 3. The molecule has 2 aliphatic heterocycles. The summed E-state index contributed by atoms with van der Waals surface area (Å²) in [6.07, 6.45) is -5.26. The second-order valence-corrected chi connectivity index (χ2v) is 11.7. The van der Waals surface area contributed by atoms with Crippen molar-refractivity contribution in [3.63, 3.8) is 0 Å². The Morgan fingerprint density at radius 3 is 2.49 bits per heavy atom. The number of esters is 1. The molecule has 0 bridgehead atoms. The third kappa shape index (κ3) is 5.59. The third-order valence-electron chi connectivity index (χ3n) is 8.43. The number of alkyl halides is 3. The molecule has 14 heteroatoms. The Morgan fingerprint density at radius 1 is 1.09 bits per heavy atom. The van der Waals surface area contributed by atoms with Crippen molar-refractivity contribution in [1.29, 1.82) is 0 Å². The number of benzene rings is 3. The van der Waals surface area contributed by atoms with Gasteiger partial charge in [-0.3, -0.25) is 9.59 Å². The van der Waals surface area contributed by atoms with Gasteiger partial charge in [0.25, 0.3) is 0 Å². The number of nitrogens with one attached hydrogen (secondary N) is 3. The smallest absolute Gasteiger partial charge is 0.391 e. The molecule has 0 saturated carbocycles. The van der Waals surface area contributed by atoms with Gasteiger partial charge in [-0.2, -0.15) is 13.2 Å². The number of amides is 2. The minimum absolute atomic E-state index is 0.0743. The molecule has 5 atom stereocenters. The molecule has 238 valence electrons. The fraction of sp³-hybridized carbons (Fsp3) is 0.323. The number of halogens is 6. The summed E-state index contributed by atoms with van der Waals surface area (Å²) in [5.74, 6) is -6.34. The van der Waals surface area contributed by atoms with Gasteiger partial charge in [-0.15, -0.1) is 0 Å². The quantitative estimate of drug-likeness (QED) is 0.197. The van der Waals surface area contributed by atoms with Crippen molar-refractivity contribution >= 4 is 52.4 Å². The first-order valence-corrected chi connectivity index (χ1v) is 14.4. The zero-order valence-corrected chi connectivity index (χ0v) is 25.5. The first-order chi connectivity index (χ1) is 21.2. The molecule has 3 N–H and O–H groups in total. The monoisotopic (exact) mass is 667 g/mol. The maximum absolute atomic E-state index is 15.9. The number of anilines is 2. The second-order valence-electron chi connectivity index (χ2n) is 10.9. The Labute approximate surface area is 265 Å². The molecule has 1 fully saturated rings. The van der Waals surface area contributed by atoms with Crippen LogP contribution in [-0.4, -0.2) is 50.3 Å². The number of methoxy groups -OCH3 is 2. The molecule has 0 aromatic heterocycles. The molecule has 3 aromatic carbocycles. The van der Waals surface area contributed by atoms with Gasteiger partial charge in [0.1, 0.15) is 17.0 Å². The van der Waals surface area contributed by atoms with E-state index in [9.17, 15) is 27.6 Å². The Balaban J connectivity index is 1.69. The molecule has 2 amide bonds. The second kappa shape index (κ2) is 12.1. The van der Waals surface area contributed by atoms with Crippen LogP contribution in [0.5, 0.6) is 5.75 Å². The fourth-order valence-electron chi connectivity index (χ4n) is 6.31. The molecular weight excluding hydrogens is 641 g/mol. The Bertz CT molecular complexity index is 1690. The van der Waals surface area contributed by atoms with Gasteiger partial charge in [0, 0.05) is 22.7 Å². The standard InChI is InChI=1S/C31H27Cl2F4N3O5/c1-14(31(35,36)37)11-23-30(18-9-8-16(32)13-21(18)39-29(30)43)24(17-5-4-6-19(33)25(17)34)26(40-23)27(41)38-20-10-7-15(28(42)45-3)12-22(20)44-2/h4-10,12-14,23-24,26,40H,11H2,1-3H3,(H,38,41)(H,39,43)/t14-,23-,24-,26+,30+/m0/s1. The van der Waals surface area contributed by atoms with Crippen molar-refractivity contribution in [2.24, 2.45) is 5.92 Å².